The van der Waals surface area contributed by atoms with Crippen molar-refractivity contribution in [2.75, 3.05) is 0 Å². The van der Waals surface area contributed by atoms with E-state index in [0.717, 1.165) is 36.1 Å². The third kappa shape index (κ3) is 3.87. The summed E-state index contributed by atoms with van der Waals surface area (Å²) in [7, 11) is 0. The summed E-state index contributed by atoms with van der Waals surface area (Å²) in [4.78, 5) is 12.6. The predicted octanol–water partition coefficient (Wildman–Crippen LogP) is 4.74. The van der Waals surface area contributed by atoms with Crippen LogP contribution in [0, 0.1) is 6.92 Å². The predicted molar refractivity (Wildman–Crippen MR) is 101 cm³/mol. The summed E-state index contributed by atoms with van der Waals surface area (Å²) in [6.45, 7) is 6.36. The number of hydrogen-bond acceptors (Lipinski definition) is 2. The molecule has 132 valence electrons. The van der Waals surface area contributed by atoms with Gasteiger partial charge < -0.3 is 10.1 Å². The first-order valence-corrected chi connectivity index (χ1v) is 9.18. The van der Waals surface area contributed by atoms with E-state index >= 15 is 0 Å². The smallest absolute Gasteiger partial charge is 0.224 e. The fourth-order valence-electron chi connectivity index (χ4n) is 3.57. The van der Waals surface area contributed by atoms with Gasteiger partial charge in [0.2, 0.25) is 5.91 Å². The van der Waals surface area contributed by atoms with Gasteiger partial charge in [0.05, 0.1) is 12.5 Å². The molecule has 0 aromatic heterocycles. The SMILES string of the molecule is CCC1(CC)C[C@H](NC(=O)Cc2ccc(C)cc2)c2ccccc2O1. The van der Waals surface area contributed by atoms with Gasteiger partial charge in [-0.25, -0.2) is 0 Å². The largest absolute Gasteiger partial charge is 0.487 e. The van der Waals surface area contributed by atoms with Gasteiger partial charge in [0.15, 0.2) is 0 Å². The lowest BCUT2D eigenvalue weighted by Gasteiger charge is -2.41. The number of ether oxygens (including phenoxy) is 1. The number of aryl methyl sites for hydroxylation is 1. The number of hydrogen-bond donors (Lipinski definition) is 1. The van der Waals surface area contributed by atoms with E-state index in [2.05, 4.69) is 32.2 Å². The molecule has 1 aliphatic heterocycles. The number of carbonyl (C=O) groups is 1. The highest BCUT2D eigenvalue weighted by Crippen LogP contribution is 2.42. The van der Waals surface area contributed by atoms with Crippen molar-refractivity contribution in [1.82, 2.24) is 5.32 Å². The van der Waals surface area contributed by atoms with Crippen LogP contribution in [0.4, 0.5) is 0 Å². The topological polar surface area (TPSA) is 38.3 Å². The molecule has 0 fully saturated rings. The van der Waals surface area contributed by atoms with Gasteiger partial charge in [-0.15, -0.1) is 0 Å². The number of nitrogens with one attached hydrogen (secondary N) is 1. The second kappa shape index (κ2) is 7.30. The molecule has 25 heavy (non-hydrogen) atoms. The average molecular weight is 337 g/mol. The zero-order valence-corrected chi connectivity index (χ0v) is 15.3. The highest BCUT2D eigenvalue weighted by molar-refractivity contribution is 5.79. The molecule has 1 aliphatic rings. The fraction of sp³-hybridized carbons (Fsp3) is 0.409. The molecular weight excluding hydrogens is 310 g/mol. The summed E-state index contributed by atoms with van der Waals surface area (Å²) in [6.07, 6.45) is 3.09. The molecule has 1 heterocycles. The van der Waals surface area contributed by atoms with Gasteiger partial charge in [-0.05, 0) is 31.4 Å². The van der Waals surface area contributed by atoms with E-state index in [1.54, 1.807) is 0 Å². The number of amides is 1. The van der Waals surface area contributed by atoms with Crippen LogP contribution in [0.1, 0.15) is 55.8 Å². The van der Waals surface area contributed by atoms with Crippen LogP contribution in [0.3, 0.4) is 0 Å². The first-order valence-electron chi connectivity index (χ1n) is 9.18. The summed E-state index contributed by atoms with van der Waals surface area (Å²) in [6, 6.07) is 16.2. The minimum Gasteiger partial charge on any atom is -0.487 e. The Morgan fingerprint density at radius 2 is 1.80 bits per heavy atom. The third-order valence-electron chi connectivity index (χ3n) is 5.31. The van der Waals surface area contributed by atoms with Gasteiger partial charge in [-0.1, -0.05) is 61.9 Å². The third-order valence-corrected chi connectivity index (χ3v) is 5.31. The Morgan fingerprint density at radius 1 is 1.12 bits per heavy atom. The summed E-state index contributed by atoms with van der Waals surface area (Å²) < 4.78 is 6.31. The summed E-state index contributed by atoms with van der Waals surface area (Å²) in [5.74, 6) is 0.963. The first kappa shape index (κ1) is 17.5. The molecule has 3 rings (SSSR count). The lowest BCUT2D eigenvalue weighted by atomic mass is 9.83. The molecule has 0 aliphatic carbocycles. The van der Waals surface area contributed by atoms with Crippen LogP contribution in [-0.4, -0.2) is 11.5 Å². The second-order valence-corrected chi connectivity index (χ2v) is 7.02. The van der Waals surface area contributed by atoms with Gasteiger partial charge in [-0.2, -0.15) is 0 Å². The van der Waals surface area contributed by atoms with Crippen LogP contribution in [-0.2, 0) is 11.2 Å². The maximum Gasteiger partial charge on any atom is 0.224 e. The normalized spacial score (nSPS) is 18.1. The molecule has 3 heteroatoms. The zero-order chi connectivity index (χ0) is 17.9. The van der Waals surface area contributed by atoms with E-state index in [4.69, 9.17) is 4.74 Å². The van der Waals surface area contributed by atoms with E-state index in [0.29, 0.717) is 6.42 Å². The van der Waals surface area contributed by atoms with E-state index in [1.165, 1.54) is 5.56 Å². The molecule has 2 aromatic rings. The number of carbonyl (C=O) groups excluding carboxylic acids is 1. The van der Waals surface area contributed by atoms with Crippen molar-refractivity contribution in [3.63, 3.8) is 0 Å². The molecule has 1 N–H and O–H groups in total. The number of fused-ring (bicyclic) bond motifs is 1. The molecule has 3 nitrogen and oxygen atoms in total. The van der Waals surface area contributed by atoms with Crippen LogP contribution in [0.25, 0.3) is 0 Å². The molecule has 0 unspecified atom stereocenters. The van der Waals surface area contributed by atoms with Crippen molar-refractivity contribution in [2.45, 2.75) is 58.1 Å². The molecular formula is C22H27NO2. The van der Waals surface area contributed by atoms with Crippen molar-refractivity contribution in [1.29, 1.82) is 0 Å². The number of benzene rings is 2. The fourth-order valence-corrected chi connectivity index (χ4v) is 3.57. The van der Waals surface area contributed by atoms with Gasteiger partial charge in [-0.3, -0.25) is 4.79 Å². The van der Waals surface area contributed by atoms with Gasteiger partial charge in [0.1, 0.15) is 11.4 Å². The Labute approximate surface area is 150 Å². The molecule has 0 saturated carbocycles. The van der Waals surface area contributed by atoms with Crippen molar-refractivity contribution < 1.29 is 9.53 Å². The van der Waals surface area contributed by atoms with Crippen LogP contribution in [0.2, 0.25) is 0 Å². The highest BCUT2D eigenvalue weighted by Gasteiger charge is 2.38. The Kier molecular flexibility index (Phi) is 5.12. The molecule has 2 aromatic carbocycles. The minimum absolute atomic E-state index is 0.00259. The number of rotatable bonds is 5. The molecule has 0 spiro atoms. The Bertz CT molecular complexity index is 732. The molecule has 1 atom stereocenters. The van der Waals surface area contributed by atoms with E-state index in [9.17, 15) is 4.79 Å². The zero-order valence-electron chi connectivity index (χ0n) is 15.3. The Balaban J connectivity index is 1.78. The van der Waals surface area contributed by atoms with Crippen LogP contribution >= 0.6 is 0 Å². The van der Waals surface area contributed by atoms with Gasteiger partial charge >= 0.3 is 0 Å². The first-order chi connectivity index (χ1) is 12.0. The lowest BCUT2D eigenvalue weighted by molar-refractivity contribution is -0.121. The van der Waals surface area contributed by atoms with Crippen molar-refractivity contribution in [2.24, 2.45) is 0 Å². The maximum atomic E-state index is 12.6. The molecule has 1 amide bonds. The monoisotopic (exact) mass is 337 g/mol. The molecule has 0 saturated heterocycles. The number of para-hydroxylation sites is 1. The van der Waals surface area contributed by atoms with Gasteiger partial charge in [0, 0.05) is 12.0 Å². The Hall–Kier alpha value is -2.29. The standard InChI is InChI=1S/C22H27NO2/c1-4-22(5-2)15-19(18-8-6-7-9-20(18)25-22)23-21(24)14-17-12-10-16(3)11-13-17/h6-13,19H,4-5,14-15H2,1-3H3,(H,23,24)/t19-/m0/s1. The van der Waals surface area contributed by atoms with E-state index in [-0.39, 0.29) is 17.6 Å². The second-order valence-electron chi connectivity index (χ2n) is 7.02. The van der Waals surface area contributed by atoms with E-state index in [1.807, 2.05) is 42.5 Å². The maximum absolute atomic E-state index is 12.6. The Morgan fingerprint density at radius 3 is 2.48 bits per heavy atom. The van der Waals surface area contributed by atoms with Crippen LogP contribution in [0.5, 0.6) is 5.75 Å². The quantitative estimate of drug-likeness (QED) is 0.856. The van der Waals surface area contributed by atoms with Crippen LogP contribution in [0.15, 0.2) is 48.5 Å². The molecule has 0 radical (unpaired) electrons. The average Bonchev–Trinajstić information content (AvgIpc) is 2.63. The lowest BCUT2D eigenvalue weighted by Crippen LogP contribution is -2.44. The van der Waals surface area contributed by atoms with Crippen molar-refractivity contribution in [3.05, 3.63) is 65.2 Å². The summed E-state index contributed by atoms with van der Waals surface area (Å²) >= 11 is 0. The molecule has 0 bridgehead atoms. The summed E-state index contributed by atoms with van der Waals surface area (Å²) in [5.41, 5.74) is 3.13. The summed E-state index contributed by atoms with van der Waals surface area (Å²) in [5, 5.41) is 3.24. The van der Waals surface area contributed by atoms with Gasteiger partial charge in [0.25, 0.3) is 0 Å². The highest BCUT2D eigenvalue weighted by atomic mass is 16.5. The van der Waals surface area contributed by atoms with E-state index < -0.39 is 0 Å². The van der Waals surface area contributed by atoms with Crippen LogP contribution < -0.4 is 10.1 Å². The van der Waals surface area contributed by atoms with Crippen molar-refractivity contribution >= 4 is 5.91 Å². The minimum atomic E-state index is -0.198. The van der Waals surface area contributed by atoms with Crippen molar-refractivity contribution in [3.8, 4) is 5.75 Å².